The van der Waals surface area contributed by atoms with Gasteiger partial charge in [0.1, 0.15) is 0 Å². The molecule has 0 unspecified atom stereocenters. The third-order valence-electron chi connectivity index (χ3n) is 3.93. The zero-order chi connectivity index (χ0) is 13.8. The first-order valence-electron chi connectivity index (χ1n) is 7.16. The molecule has 20 heavy (non-hydrogen) atoms. The fraction of sp³-hybridized carbons (Fsp3) is 0.438. The van der Waals surface area contributed by atoms with Crippen LogP contribution >= 0.6 is 11.6 Å². The van der Waals surface area contributed by atoms with Crippen LogP contribution in [-0.2, 0) is 11.3 Å². The molecule has 0 saturated heterocycles. The standard InChI is InChI=1S/C16H19ClN2O/c17-14-5-3-4-13(10-14)11-20-16-7-2-1-6-15(16)19-9-8-18-12-19/h3-5,8-10,12,15-16H,1-2,6-7,11H2/t15-,16-/m0/s1. The van der Waals surface area contributed by atoms with Crippen molar-refractivity contribution in [1.29, 1.82) is 0 Å². The second-order valence-electron chi connectivity index (χ2n) is 5.34. The summed E-state index contributed by atoms with van der Waals surface area (Å²) in [5, 5.41) is 0.765. The van der Waals surface area contributed by atoms with Crippen LogP contribution in [0.4, 0.5) is 0 Å². The van der Waals surface area contributed by atoms with Gasteiger partial charge in [-0.05, 0) is 30.5 Å². The number of nitrogens with zero attached hydrogens (tertiary/aromatic N) is 2. The van der Waals surface area contributed by atoms with Gasteiger partial charge in [-0.15, -0.1) is 0 Å². The van der Waals surface area contributed by atoms with Crippen LogP contribution in [-0.4, -0.2) is 15.7 Å². The first-order chi connectivity index (χ1) is 9.83. The Morgan fingerprint density at radius 1 is 1.30 bits per heavy atom. The molecule has 0 amide bonds. The average molecular weight is 291 g/mol. The first kappa shape index (κ1) is 13.7. The van der Waals surface area contributed by atoms with Gasteiger partial charge in [-0.3, -0.25) is 0 Å². The van der Waals surface area contributed by atoms with Gasteiger partial charge in [-0.25, -0.2) is 4.98 Å². The van der Waals surface area contributed by atoms with Gasteiger partial charge in [-0.1, -0.05) is 36.6 Å². The maximum Gasteiger partial charge on any atom is 0.0949 e. The Balaban J connectivity index is 1.65. The molecule has 0 spiro atoms. The third kappa shape index (κ3) is 3.22. The fourth-order valence-corrected chi connectivity index (χ4v) is 3.12. The summed E-state index contributed by atoms with van der Waals surface area (Å²) in [7, 11) is 0. The molecule has 106 valence electrons. The van der Waals surface area contributed by atoms with E-state index in [1.54, 1.807) is 0 Å². The highest BCUT2D eigenvalue weighted by atomic mass is 35.5. The number of benzene rings is 1. The lowest BCUT2D eigenvalue weighted by Crippen LogP contribution is -2.29. The Kier molecular flexibility index (Phi) is 4.38. The van der Waals surface area contributed by atoms with Crippen LogP contribution in [0.25, 0.3) is 0 Å². The number of aromatic nitrogens is 2. The van der Waals surface area contributed by atoms with E-state index in [0.717, 1.165) is 23.4 Å². The van der Waals surface area contributed by atoms with E-state index in [4.69, 9.17) is 16.3 Å². The Labute approximate surface area is 124 Å². The predicted molar refractivity (Wildman–Crippen MR) is 79.8 cm³/mol. The first-order valence-corrected chi connectivity index (χ1v) is 7.54. The molecule has 1 fully saturated rings. The zero-order valence-corrected chi connectivity index (χ0v) is 12.2. The number of hydrogen-bond donors (Lipinski definition) is 0. The monoisotopic (exact) mass is 290 g/mol. The number of hydrogen-bond acceptors (Lipinski definition) is 2. The van der Waals surface area contributed by atoms with Crippen molar-refractivity contribution >= 4 is 11.6 Å². The van der Waals surface area contributed by atoms with Gasteiger partial charge in [0.15, 0.2) is 0 Å². The molecule has 4 heteroatoms. The minimum atomic E-state index is 0.261. The summed E-state index contributed by atoms with van der Waals surface area (Å²) in [5.74, 6) is 0. The van der Waals surface area contributed by atoms with Gasteiger partial charge in [-0.2, -0.15) is 0 Å². The van der Waals surface area contributed by atoms with Crippen molar-refractivity contribution in [2.75, 3.05) is 0 Å². The number of rotatable bonds is 4. The second-order valence-corrected chi connectivity index (χ2v) is 5.78. The number of imidazole rings is 1. The maximum absolute atomic E-state index is 6.15. The molecule has 2 atom stereocenters. The Morgan fingerprint density at radius 2 is 2.20 bits per heavy atom. The summed E-state index contributed by atoms with van der Waals surface area (Å²) in [5.41, 5.74) is 1.13. The van der Waals surface area contributed by atoms with E-state index in [2.05, 4.69) is 15.6 Å². The molecule has 1 aromatic carbocycles. The summed E-state index contributed by atoms with van der Waals surface area (Å²) in [6.07, 6.45) is 10.8. The van der Waals surface area contributed by atoms with Crippen LogP contribution in [0.15, 0.2) is 43.0 Å². The fourth-order valence-electron chi connectivity index (χ4n) is 2.91. The largest absolute Gasteiger partial charge is 0.371 e. The molecule has 1 aromatic heterocycles. The normalized spacial score (nSPS) is 22.9. The van der Waals surface area contributed by atoms with Gasteiger partial charge < -0.3 is 9.30 Å². The van der Waals surface area contributed by atoms with Crippen molar-refractivity contribution in [3.05, 3.63) is 53.6 Å². The molecule has 1 heterocycles. The molecule has 1 aliphatic rings. The molecule has 0 radical (unpaired) electrons. The molecule has 1 aliphatic carbocycles. The molecular formula is C16H19ClN2O. The van der Waals surface area contributed by atoms with Crippen LogP contribution < -0.4 is 0 Å². The van der Waals surface area contributed by atoms with Crippen molar-refractivity contribution in [2.24, 2.45) is 0 Å². The summed E-state index contributed by atoms with van der Waals surface area (Å²) >= 11 is 6.01. The van der Waals surface area contributed by atoms with Gasteiger partial charge in [0, 0.05) is 17.4 Å². The van der Waals surface area contributed by atoms with E-state index in [1.807, 2.05) is 36.9 Å². The van der Waals surface area contributed by atoms with Crippen molar-refractivity contribution < 1.29 is 4.74 Å². The van der Waals surface area contributed by atoms with Gasteiger partial charge in [0.25, 0.3) is 0 Å². The third-order valence-corrected chi connectivity index (χ3v) is 4.16. The van der Waals surface area contributed by atoms with E-state index in [-0.39, 0.29) is 6.10 Å². The summed E-state index contributed by atoms with van der Waals surface area (Å²) in [6, 6.07) is 8.29. The average Bonchev–Trinajstić information content (AvgIpc) is 3.00. The van der Waals surface area contributed by atoms with Crippen LogP contribution in [0.2, 0.25) is 5.02 Å². The van der Waals surface area contributed by atoms with E-state index < -0.39 is 0 Å². The van der Waals surface area contributed by atoms with Gasteiger partial charge in [0.05, 0.1) is 25.1 Å². The van der Waals surface area contributed by atoms with E-state index in [1.165, 1.54) is 12.8 Å². The summed E-state index contributed by atoms with van der Waals surface area (Å²) < 4.78 is 8.34. The molecule has 1 saturated carbocycles. The van der Waals surface area contributed by atoms with Crippen LogP contribution in [0.3, 0.4) is 0 Å². The molecule has 0 bridgehead atoms. The minimum Gasteiger partial charge on any atom is -0.371 e. The van der Waals surface area contributed by atoms with Crippen molar-refractivity contribution in [2.45, 2.75) is 44.4 Å². The van der Waals surface area contributed by atoms with Crippen molar-refractivity contribution in [1.82, 2.24) is 9.55 Å². The molecule has 2 aromatic rings. The predicted octanol–water partition coefficient (Wildman–Crippen LogP) is 4.24. The summed E-state index contributed by atoms with van der Waals surface area (Å²) in [4.78, 5) is 4.15. The topological polar surface area (TPSA) is 27.1 Å². The highest BCUT2D eigenvalue weighted by molar-refractivity contribution is 6.30. The lowest BCUT2D eigenvalue weighted by molar-refractivity contribution is -0.0163. The molecule has 3 rings (SSSR count). The quantitative estimate of drug-likeness (QED) is 0.842. The van der Waals surface area contributed by atoms with Gasteiger partial charge >= 0.3 is 0 Å². The number of halogens is 1. The lowest BCUT2D eigenvalue weighted by Gasteiger charge is -2.32. The number of ether oxygens (including phenoxy) is 1. The molecule has 0 aliphatic heterocycles. The van der Waals surface area contributed by atoms with Gasteiger partial charge in [0.2, 0.25) is 0 Å². The SMILES string of the molecule is Clc1cccc(CO[C@H]2CCCC[C@@H]2n2ccnc2)c1. The Hall–Kier alpha value is -1.32. The van der Waals surface area contributed by atoms with Crippen LogP contribution in [0, 0.1) is 0 Å². The second kappa shape index (κ2) is 6.42. The van der Waals surface area contributed by atoms with Crippen molar-refractivity contribution in [3.8, 4) is 0 Å². The van der Waals surface area contributed by atoms with Crippen LogP contribution in [0.5, 0.6) is 0 Å². The van der Waals surface area contributed by atoms with Crippen LogP contribution in [0.1, 0.15) is 37.3 Å². The zero-order valence-electron chi connectivity index (χ0n) is 11.4. The van der Waals surface area contributed by atoms with Crippen molar-refractivity contribution in [3.63, 3.8) is 0 Å². The molecule has 3 nitrogen and oxygen atoms in total. The summed E-state index contributed by atoms with van der Waals surface area (Å²) in [6.45, 7) is 0.621. The molecular weight excluding hydrogens is 272 g/mol. The lowest BCUT2D eigenvalue weighted by atomic mass is 9.92. The minimum absolute atomic E-state index is 0.261. The van der Waals surface area contributed by atoms with E-state index >= 15 is 0 Å². The highest BCUT2D eigenvalue weighted by Crippen LogP contribution is 2.31. The Bertz CT molecular complexity index is 541. The van der Waals surface area contributed by atoms with E-state index in [0.29, 0.717) is 12.6 Å². The highest BCUT2D eigenvalue weighted by Gasteiger charge is 2.26. The molecule has 0 N–H and O–H groups in total. The Morgan fingerprint density at radius 3 is 3.00 bits per heavy atom. The maximum atomic E-state index is 6.15. The van der Waals surface area contributed by atoms with E-state index in [9.17, 15) is 0 Å². The smallest absolute Gasteiger partial charge is 0.0949 e.